The van der Waals surface area contributed by atoms with Crippen LogP contribution in [0.3, 0.4) is 0 Å². The predicted molar refractivity (Wildman–Crippen MR) is 95.6 cm³/mol. The van der Waals surface area contributed by atoms with E-state index in [1.54, 1.807) is 18.2 Å². The molecule has 1 unspecified atom stereocenters. The molecule has 0 aliphatic heterocycles. The number of nitrogens with zero attached hydrogens (tertiary/aromatic N) is 2. The molecule has 0 saturated heterocycles. The lowest BCUT2D eigenvalue weighted by Gasteiger charge is -2.19. The molecular weight excluding hydrogens is 318 g/mol. The fraction of sp³-hybridized carbons (Fsp3) is 0.421. The highest BCUT2D eigenvalue weighted by atomic mass is 16.4. The maximum Gasteiger partial charge on any atom is 0.335 e. The number of nitrogens with one attached hydrogen (secondary N) is 1. The number of hydrogen-bond acceptors (Lipinski definition) is 3. The Morgan fingerprint density at radius 3 is 2.48 bits per heavy atom. The van der Waals surface area contributed by atoms with Gasteiger partial charge in [0.05, 0.1) is 29.3 Å². The number of carbonyl (C=O) groups is 2. The Morgan fingerprint density at radius 1 is 1.28 bits per heavy atom. The molecular formula is C19H25N3O3. The van der Waals surface area contributed by atoms with E-state index in [0.717, 1.165) is 11.3 Å². The molecule has 0 aliphatic rings. The average molecular weight is 343 g/mol. The van der Waals surface area contributed by atoms with Crippen LogP contribution in [0.4, 0.5) is 0 Å². The maximum absolute atomic E-state index is 12.4. The number of benzene rings is 1. The van der Waals surface area contributed by atoms with E-state index < -0.39 is 5.97 Å². The van der Waals surface area contributed by atoms with Crippen molar-refractivity contribution in [3.8, 4) is 0 Å². The number of rotatable bonds is 5. The number of carbonyl (C=O) groups excluding carboxylic acids is 1. The second-order valence-corrected chi connectivity index (χ2v) is 7.21. The van der Waals surface area contributed by atoms with E-state index in [1.165, 1.54) is 6.07 Å². The Hall–Kier alpha value is -2.63. The Labute approximate surface area is 147 Å². The van der Waals surface area contributed by atoms with Gasteiger partial charge in [0.1, 0.15) is 0 Å². The lowest BCUT2D eigenvalue weighted by atomic mass is 10.0. The largest absolute Gasteiger partial charge is 0.478 e. The quantitative estimate of drug-likeness (QED) is 0.874. The SMILES string of the molecule is Cc1nn(C(C)(C)C)cc1C(C)NC(=O)Cc1ccccc1C(=O)O. The molecule has 6 nitrogen and oxygen atoms in total. The summed E-state index contributed by atoms with van der Waals surface area (Å²) in [6, 6.07) is 6.34. The molecule has 0 fully saturated rings. The zero-order valence-electron chi connectivity index (χ0n) is 15.3. The second kappa shape index (κ2) is 7.09. The van der Waals surface area contributed by atoms with Gasteiger partial charge >= 0.3 is 5.97 Å². The first-order chi connectivity index (χ1) is 11.6. The first-order valence-corrected chi connectivity index (χ1v) is 8.27. The van der Waals surface area contributed by atoms with Crippen molar-refractivity contribution in [3.05, 3.63) is 52.8 Å². The van der Waals surface area contributed by atoms with Crippen molar-refractivity contribution in [2.75, 3.05) is 0 Å². The molecule has 0 saturated carbocycles. The van der Waals surface area contributed by atoms with Crippen LogP contribution in [-0.4, -0.2) is 26.8 Å². The third-order valence-electron chi connectivity index (χ3n) is 4.07. The summed E-state index contributed by atoms with van der Waals surface area (Å²) in [5, 5.41) is 16.7. The maximum atomic E-state index is 12.4. The summed E-state index contributed by atoms with van der Waals surface area (Å²) in [6.07, 6.45) is 1.98. The first kappa shape index (κ1) is 18.7. The van der Waals surface area contributed by atoms with Crippen molar-refractivity contribution in [1.82, 2.24) is 15.1 Å². The fourth-order valence-electron chi connectivity index (χ4n) is 2.67. The van der Waals surface area contributed by atoms with E-state index in [1.807, 2.05) is 24.7 Å². The summed E-state index contributed by atoms with van der Waals surface area (Å²) >= 11 is 0. The minimum atomic E-state index is -1.03. The summed E-state index contributed by atoms with van der Waals surface area (Å²) in [7, 11) is 0. The molecule has 1 heterocycles. The van der Waals surface area contributed by atoms with E-state index in [0.29, 0.717) is 5.56 Å². The summed E-state index contributed by atoms with van der Waals surface area (Å²) in [4.78, 5) is 23.6. The fourth-order valence-corrected chi connectivity index (χ4v) is 2.67. The Kier molecular flexibility index (Phi) is 5.30. The van der Waals surface area contributed by atoms with Crippen LogP contribution in [0.5, 0.6) is 0 Å². The molecule has 2 aromatic rings. The van der Waals surface area contributed by atoms with Gasteiger partial charge in [-0.05, 0) is 46.2 Å². The number of amides is 1. The molecule has 25 heavy (non-hydrogen) atoms. The zero-order valence-corrected chi connectivity index (χ0v) is 15.3. The van der Waals surface area contributed by atoms with Crippen molar-refractivity contribution >= 4 is 11.9 Å². The van der Waals surface area contributed by atoms with Gasteiger partial charge in [-0.15, -0.1) is 0 Å². The Morgan fingerprint density at radius 2 is 1.92 bits per heavy atom. The molecule has 1 atom stereocenters. The van der Waals surface area contributed by atoms with Crippen molar-refractivity contribution in [2.24, 2.45) is 0 Å². The smallest absolute Gasteiger partial charge is 0.335 e. The molecule has 2 N–H and O–H groups in total. The standard InChI is InChI=1S/C19H25N3O3/c1-12(16-11-22(19(3,4)5)21-13(16)2)20-17(23)10-14-8-6-7-9-15(14)18(24)25/h6-9,11-12H,10H2,1-5H3,(H,20,23)(H,24,25). The van der Waals surface area contributed by atoms with Gasteiger partial charge in [-0.25, -0.2) is 4.79 Å². The highest BCUT2D eigenvalue weighted by Gasteiger charge is 2.21. The number of hydrogen-bond donors (Lipinski definition) is 2. The molecule has 0 bridgehead atoms. The van der Waals surface area contributed by atoms with Crippen LogP contribution in [0.2, 0.25) is 0 Å². The van der Waals surface area contributed by atoms with E-state index >= 15 is 0 Å². The van der Waals surface area contributed by atoms with E-state index in [2.05, 4.69) is 31.2 Å². The Bertz CT molecular complexity index is 787. The van der Waals surface area contributed by atoms with Gasteiger partial charge in [0.2, 0.25) is 5.91 Å². The van der Waals surface area contributed by atoms with Gasteiger partial charge in [-0.1, -0.05) is 18.2 Å². The monoisotopic (exact) mass is 343 g/mol. The van der Waals surface area contributed by atoms with Crippen LogP contribution in [0.25, 0.3) is 0 Å². The van der Waals surface area contributed by atoms with Gasteiger partial charge in [-0.3, -0.25) is 9.48 Å². The van der Waals surface area contributed by atoms with Gasteiger partial charge in [-0.2, -0.15) is 5.10 Å². The third kappa shape index (κ3) is 4.47. The first-order valence-electron chi connectivity index (χ1n) is 8.27. The molecule has 2 rings (SSSR count). The van der Waals surface area contributed by atoms with Crippen molar-refractivity contribution in [3.63, 3.8) is 0 Å². The number of aryl methyl sites for hydroxylation is 1. The molecule has 1 aromatic heterocycles. The van der Waals surface area contributed by atoms with Crippen LogP contribution < -0.4 is 5.32 Å². The second-order valence-electron chi connectivity index (χ2n) is 7.21. The summed E-state index contributed by atoms with van der Waals surface area (Å²) in [5.74, 6) is -1.25. The molecule has 1 aromatic carbocycles. The van der Waals surface area contributed by atoms with Gasteiger partial charge in [0, 0.05) is 11.8 Å². The summed E-state index contributed by atoms with van der Waals surface area (Å²) in [6.45, 7) is 10.0. The van der Waals surface area contributed by atoms with Gasteiger partial charge < -0.3 is 10.4 Å². The number of carboxylic acids is 1. The van der Waals surface area contributed by atoms with Gasteiger partial charge in [0.15, 0.2) is 0 Å². The lowest BCUT2D eigenvalue weighted by molar-refractivity contribution is -0.121. The number of aromatic carboxylic acids is 1. The Balaban J connectivity index is 2.11. The average Bonchev–Trinajstić information content (AvgIpc) is 2.89. The minimum absolute atomic E-state index is 0.0271. The van der Waals surface area contributed by atoms with Crippen molar-refractivity contribution < 1.29 is 14.7 Å². The molecule has 0 aliphatic carbocycles. The van der Waals surface area contributed by atoms with Crippen molar-refractivity contribution in [1.29, 1.82) is 0 Å². The molecule has 1 amide bonds. The number of aromatic nitrogens is 2. The third-order valence-corrected chi connectivity index (χ3v) is 4.07. The summed E-state index contributed by atoms with van der Waals surface area (Å²) in [5.41, 5.74) is 2.35. The van der Waals surface area contributed by atoms with Crippen molar-refractivity contribution in [2.45, 2.75) is 52.6 Å². The van der Waals surface area contributed by atoms with Gasteiger partial charge in [0.25, 0.3) is 0 Å². The molecule has 134 valence electrons. The topological polar surface area (TPSA) is 84.2 Å². The highest BCUT2D eigenvalue weighted by molar-refractivity contribution is 5.91. The molecule has 6 heteroatoms. The normalized spacial score (nSPS) is 12.7. The van der Waals surface area contributed by atoms with Crippen LogP contribution in [-0.2, 0) is 16.8 Å². The van der Waals surface area contributed by atoms with Crippen LogP contribution in [0.15, 0.2) is 30.5 Å². The highest BCUT2D eigenvalue weighted by Crippen LogP contribution is 2.21. The van der Waals surface area contributed by atoms with Crippen LogP contribution >= 0.6 is 0 Å². The van der Waals surface area contributed by atoms with E-state index in [9.17, 15) is 14.7 Å². The van der Waals surface area contributed by atoms with Crippen LogP contribution in [0.1, 0.15) is 60.9 Å². The van der Waals surface area contributed by atoms with Crippen LogP contribution in [0, 0.1) is 6.92 Å². The van der Waals surface area contributed by atoms with E-state index in [-0.39, 0.29) is 29.5 Å². The van der Waals surface area contributed by atoms with E-state index in [4.69, 9.17) is 0 Å². The predicted octanol–water partition coefficient (Wildman–Crippen LogP) is 3.06. The zero-order chi connectivity index (χ0) is 18.8. The lowest BCUT2D eigenvalue weighted by Crippen LogP contribution is -2.29. The molecule has 0 spiro atoms. The minimum Gasteiger partial charge on any atom is -0.478 e. The summed E-state index contributed by atoms with van der Waals surface area (Å²) < 4.78 is 1.89. The number of carboxylic acid groups (broad SMARTS) is 1. The molecule has 0 radical (unpaired) electrons.